The number of rotatable bonds is 4. The van der Waals surface area contributed by atoms with Crippen LogP contribution in [0.2, 0.25) is 0 Å². The highest BCUT2D eigenvalue weighted by Gasteiger charge is 2.32. The Kier molecular flexibility index (Phi) is 4.58. The Morgan fingerprint density at radius 3 is 2.52 bits per heavy atom. The minimum absolute atomic E-state index is 0.138. The topological polar surface area (TPSA) is 26.3 Å². The summed E-state index contributed by atoms with van der Waals surface area (Å²) in [4.78, 5) is 3.06. The first kappa shape index (κ1) is 14.6. The van der Waals surface area contributed by atoms with E-state index in [4.69, 9.17) is 0 Å². The van der Waals surface area contributed by atoms with E-state index in [1.54, 1.807) is 12.1 Å². The van der Waals surface area contributed by atoms with Crippen LogP contribution < -0.4 is 0 Å². The van der Waals surface area contributed by atoms with E-state index in [-0.39, 0.29) is 11.1 Å². The van der Waals surface area contributed by atoms with Crippen molar-refractivity contribution in [3.63, 3.8) is 0 Å². The molecule has 21 heavy (non-hydrogen) atoms. The third-order valence-corrected chi connectivity index (χ3v) is 5.55. The zero-order valence-electron chi connectivity index (χ0n) is 11.7. The fourth-order valence-corrected chi connectivity index (χ4v) is 4.17. The van der Waals surface area contributed by atoms with E-state index in [1.807, 2.05) is 18.2 Å². The molecule has 1 unspecified atom stereocenters. The van der Waals surface area contributed by atoms with Crippen LogP contribution in [0.25, 0.3) is 0 Å². The van der Waals surface area contributed by atoms with Gasteiger partial charge in [-0.1, -0.05) is 30.3 Å². The molecular formula is C17H18FNOS. The summed E-state index contributed by atoms with van der Waals surface area (Å²) >= 11 is -1.05. The van der Waals surface area contributed by atoms with Crippen molar-refractivity contribution < 1.29 is 8.94 Å². The van der Waals surface area contributed by atoms with E-state index in [0.717, 1.165) is 31.0 Å². The molecular weight excluding hydrogens is 285 g/mol. The van der Waals surface area contributed by atoms with E-state index in [2.05, 4.69) is 17.0 Å². The monoisotopic (exact) mass is 303 g/mol. The summed E-state index contributed by atoms with van der Waals surface area (Å²) in [6.45, 7) is 2.70. The van der Waals surface area contributed by atoms with E-state index in [0.29, 0.717) is 0 Å². The van der Waals surface area contributed by atoms with Crippen LogP contribution in [0.15, 0.2) is 59.5 Å². The Hall–Kier alpha value is -1.36. The van der Waals surface area contributed by atoms with Crippen molar-refractivity contribution in [2.24, 2.45) is 0 Å². The number of hydrogen-bond donors (Lipinski definition) is 0. The van der Waals surface area contributed by atoms with Gasteiger partial charge >= 0.3 is 0 Å². The highest BCUT2D eigenvalue weighted by atomic mass is 32.2. The Morgan fingerprint density at radius 1 is 1.10 bits per heavy atom. The average molecular weight is 303 g/mol. The zero-order chi connectivity index (χ0) is 14.7. The van der Waals surface area contributed by atoms with Gasteiger partial charge in [0.25, 0.3) is 0 Å². The quantitative estimate of drug-likeness (QED) is 0.811. The van der Waals surface area contributed by atoms with Crippen molar-refractivity contribution in [2.75, 3.05) is 13.1 Å². The molecule has 0 saturated carbocycles. The van der Waals surface area contributed by atoms with E-state index in [1.165, 1.54) is 17.7 Å². The molecule has 0 amide bonds. The van der Waals surface area contributed by atoms with Crippen molar-refractivity contribution in [3.05, 3.63) is 66.0 Å². The third-order valence-electron chi connectivity index (χ3n) is 3.83. The molecule has 0 bridgehead atoms. The second-order valence-electron chi connectivity index (χ2n) is 5.38. The van der Waals surface area contributed by atoms with Gasteiger partial charge in [-0.3, -0.25) is 4.90 Å². The number of nitrogens with zero attached hydrogens (tertiary/aromatic N) is 1. The van der Waals surface area contributed by atoms with Crippen molar-refractivity contribution in [1.82, 2.24) is 4.90 Å². The standard InChI is InChI=1S/C17H18FNOS/c18-15-6-8-16(9-7-15)21(20)17-10-11-19(13-17)12-14-4-2-1-3-5-14/h1-9,17H,10-13H2/t17-,21?/m0/s1. The average Bonchev–Trinajstić information content (AvgIpc) is 2.97. The number of halogens is 1. The van der Waals surface area contributed by atoms with Gasteiger partial charge in [-0.25, -0.2) is 4.39 Å². The van der Waals surface area contributed by atoms with Gasteiger partial charge in [0.2, 0.25) is 0 Å². The Morgan fingerprint density at radius 2 is 1.81 bits per heavy atom. The summed E-state index contributed by atoms with van der Waals surface area (Å²) in [7, 11) is 0. The van der Waals surface area contributed by atoms with Gasteiger partial charge in [-0.2, -0.15) is 0 Å². The predicted molar refractivity (Wildman–Crippen MR) is 82.9 cm³/mol. The smallest absolute Gasteiger partial charge is 0.153 e. The minimum atomic E-state index is -1.05. The van der Waals surface area contributed by atoms with Crippen LogP contribution in [0, 0.1) is 5.82 Å². The second-order valence-corrected chi connectivity index (χ2v) is 7.12. The maximum atomic E-state index is 12.9. The highest BCUT2D eigenvalue weighted by Crippen LogP contribution is 2.25. The lowest BCUT2D eigenvalue weighted by Crippen LogP contribution is -2.27. The molecule has 4 heteroatoms. The first-order valence-corrected chi connectivity index (χ1v) is 8.36. The van der Waals surface area contributed by atoms with Crippen LogP contribution in [0.4, 0.5) is 4.39 Å². The lowest BCUT2D eigenvalue weighted by molar-refractivity contribution is 0.331. The minimum Gasteiger partial charge on any atom is -0.611 e. The van der Waals surface area contributed by atoms with Crippen LogP contribution in [0.1, 0.15) is 12.0 Å². The first-order chi connectivity index (χ1) is 10.2. The summed E-state index contributed by atoms with van der Waals surface area (Å²) in [6, 6.07) is 16.3. The molecule has 2 aromatic carbocycles. The summed E-state index contributed by atoms with van der Waals surface area (Å²) in [5, 5.41) is 0.138. The van der Waals surface area contributed by atoms with E-state index < -0.39 is 11.2 Å². The Labute approximate surface area is 127 Å². The number of benzene rings is 2. The van der Waals surface area contributed by atoms with Crippen molar-refractivity contribution in [3.8, 4) is 0 Å². The summed E-state index contributed by atoms with van der Waals surface area (Å²) in [5.41, 5.74) is 1.28. The Balaban J connectivity index is 1.60. The van der Waals surface area contributed by atoms with Crippen LogP contribution in [0.3, 0.4) is 0 Å². The second kappa shape index (κ2) is 6.60. The molecule has 0 aromatic heterocycles. The van der Waals surface area contributed by atoms with Gasteiger partial charge in [0, 0.05) is 26.1 Å². The normalized spacial score (nSPS) is 20.6. The molecule has 2 nitrogen and oxygen atoms in total. The molecule has 0 aliphatic carbocycles. The molecule has 1 aliphatic heterocycles. The highest BCUT2D eigenvalue weighted by molar-refractivity contribution is 7.92. The van der Waals surface area contributed by atoms with Crippen molar-refractivity contribution in [1.29, 1.82) is 0 Å². The molecule has 1 saturated heterocycles. The van der Waals surface area contributed by atoms with Crippen LogP contribution in [-0.2, 0) is 17.7 Å². The summed E-state index contributed by atoms with van der Waals surface area (Å²) < 4.78 is 25.4. The maximum Gasteiger partial charge on any atom is 0.153 e. The van der Waals surface area contributed by atoms with Gasteiger partial charge in [-0.05, 0) is 41.0 Å². The van der Waals surface area contributed by atoms with Gasteiger partial charge in [0.05, 0.1) is 0 Å². The molecule has 110 valence electrons. The molecule has 2 aromatic rings. The lowest BCUT2D eigenvalue weighted by atomic mass is 10.2. The zero-order valence-corrected chi connectivity index (χ0v) is 12.6. The molecule has 3 rings (SSSR count). The van der Waals surface area contributed by atoms with Gasteiger partial charge < -0.3 is 4.55 Å². The maximum absolute atomic E-state index is 12.9. The predicted octanol–water partition coefficient (Wildman–Crippen LogP) is 3.21. The molecule has 0 N–H and O–H groups in total. The number of likely N-dealkylation sites (tertiary alicyclic amines) is 1. The van der Waals surface area contributed by atoms with Crippen LogP contribution in [-0.4, -0.2) is 27.8 Å². The van der Waals surface area contributed by atoms with Crippen LogP contribution in [0.5, 0.6) is 0 Å². The molecule has 2 atom stereocenters. The van der Waals surface area contributed by atoms with Crippen LogP contribution >= 0.6 is 0 Å². The summed E-state index contributed by atoms with van der Waals surface area (Å²) in [6.07, 6.45) is 0.927. The number of hydrogen-bond acceptors (Lipinski definition) is 2. The fraction of sp³-hybridized carbons (Fsp3) is 0.294. The van der Waals surface area contributed by atoms with E-state index >= 15 is 0 Å². The van der Waals surface area contributed by atoms with Gasteiger partial charge in [0.15, 0.2) is 4.90 Å². The van der Waals surface area contributed by atoms with E-state index in [9.17, 15) is 8.94 Å². The van der Waals surface area contributed by atoms with Crippen molar-refractivity contribution in [2.45, 2.75) is 23.1 Å². The fourth-order valence-electron chi connectivity index (χ4n) is 2.72. The summed E-state index contributed by atoms with van der Waals surface area (Å²) in [5.74, 6) is -0.284. The first-order valence-electron chi connectivity index (χ1n) is 7.15. The Bertz CT molecular complexity index is 575. The van der Waals surface area contributed by atoms with Gasteiger partial charge in [0.1, 0.15) is 11.1 Å². The molecule has 0 spiro atoms. The molecule has 1 aliphatic rings. The lowest BCUT2D eigenvalue weighted by Gasteiger charge is -2.18. The van der Waals surface area contributed by atoms with Gasteiger partial charge in [-0.15, -0.1) is 0 Å². The molecule has 1 fully saturated rings. The third kappa shape index (κ3) is 3.64. The largest absolute Gasteiger partial charge is 0.611 e. The SMILES string of the molecule is [O-][S+](c1ccc(F)cc1)[C@H]1CCN(Cc2ccccc2)C1. The molecule has 1 heterocycles. The van der Waals surface area contributed by atoms with Crippen molar-refractivity contribution >= 4 is 11.2 Å². The molecule has 0 radical (unpaired) electrons.